The summed E-state index contributed by atoms with van der Waals surface area (Å²) in [5, 5.41) is 3.11. The minimum absolute atomic E-state index is 0.180. The number of para-hydroxylation sites is 1. The maximum Gasteiger partial charge on any atom is 0.415 e. The summed E-state index contributed by atoms with van der Waals surface area (Å²) < 4.78 is 23.4. The number of esters is 2. The average Bonchev–Trinajstić information content (AvgIpc) is 3.84. The summed E-state index contributed by atoms with van der Waals surface area (Å²) in [6.07, 6.45) is 14.6. The number of rotatable bonds is 7. The van der Waals surface area contributed by atoms with E-state index in [0.29, 0.717) is 18.3 Å². The molecule has 1 heterocycles. The van der Waals surface area contributed by atoms with Gasteiger partial charge < -0.3 is 24.3 Å². The molecule has 7 aliphatic rings. The van der Waals surface area contributed by atoms with E-state index in [4.69, 9.17) is 18.9 Å². The second-order valence-corrected chi connectivity index (χ2v) is 19.3. The van der Waals surface area contributed by atoms with E-state index < -0.39 is 35.0 Å². The van der Waals surface area contributed by atoms with Crippen LogP contribution in [0.1, 0.15) is 157 Å². The van der Waals surface area contributed by atoms with Crippen molar-refractivity contribution in [2.45, 2.75) is 192 Å². The summed E-state index contributed by atoms with van der Waals surface area (Å²) in [7, 11) is 0. The summed E-state index contributed by atoms with van der Waals surface area (Å²) in [5.74, 6) is 1.26. The quantitative estimate of drug-likeness (QED) is 0.216. The molecule has 54 heavy (non-hydrogen) atoms. The highest BCUT2D eigenvalue weighted by atomic mass is 16.6. The maximum atomic E-state index is 13.8. The van der Waals surface area contributed by atoms with Crippen LogP contribution in [0.5, 0.6) is 0 Å². The maximum absolute atomic E-state index is 13.8. The highest BCUT2D eigenvalue weighted by Gasteiger charge is 2.64. The number of benzene rings is 1. The molecule has 1 N–H and O–H groups in total. The molecule has 6 fully saturated rings. The van der Waals surface area contributed by atoms with Crippen LogP contribution < -0.4 is 10.2 Å². The van der Waals surface area contributed by atoms with Gasteiger partial charge in [-0.05, 0) is 173 Å². The lowest BCUT2D eigenvalue weighted by Gasteiger charge is -2.59. The van der Waals surface area contributed by atoms with Gasteiger partial charge in [0.1, 0.15) is 34.0 Å². The lowest BCUT2D eigenvalue weighted by Crippen LogP contribution is -2.71. The molecule has 4 bridgehead atoms. The van der Waals surface area contributed by atoms with Gasteiger partial charge in [-0.3, -0.25) is 4.90 Å². The fourth-order valence-electron chi connectivity index (χ4n) is 10.8. The number of anilines is 1. The largest absolute Gasteiger partial charge is 0.458 e. The molecule has 6 saturated carbocycles. The second kappa shape index (κ2) is 15.3. The first-order chi connectivity index (χ1) is 25.4. The van der Waals surface area contributed by atoms with E-state index in [1.807, 2.05) is 65.8 Å². The molecule has 0 saturated heterocycles. The van der Waals surface area contributed by atoms with Crippen molar-refractivity contribution in [1.29, 1.82) is 0 Å². The van der Waals surface area contributed by atoms with E-state index in [0.717, 1.165) is 101 Å². The van der Waals surface area contributed by atoms with Gasteiger partial charge >= 0.3 is 24.1 Å². The summed E-state index contributed by atoms with van der Waals surface area (Å²) >= 11 is 0. The van der Waals surface area contributed by atoms with Gasteiger partial charge in [0.25, 0.3) is 0 Å². The number of amides is 2. The SMILES string of the molecule is CCC1(OC(=O)C2(NC(=O)OC(C)(C)C)C3CC4CC(C3)CC2C4)CCCC1.CCC1(OC(=O)C2Cc3ccccc3N2C(=O)OC(C)(C)C)CCCC1. The van der Waals surface area contributed by atoms with Crippen LogP contribution in [0, 0.1) is 23.7 Å². The van der Waals surface area contributed by atoms with Crippen molar-refractivity contribution < 1.29 is 38.1 Å². The van der Waals surface area contributed by atoms with E-state index in [-0.39, 0.29) is 35.0 Å². The third kappa shape index (κ3) is 8.42. The van der Waals surface area contributed by atoms with Crippen LogP contribution in [-0.2, 0) is 35.0 Å². The van der Waals surface area contributed by atoms with Crippen LogP contribution in [0.15, 0.2) is 24.3 Å². The number of hydrogen-bond acceptors (Lipinski definition) is 8. The third-order valence-corrected chi connectivity index (χ3v) is 13.3. The lowest BCUT2D eigenvalue weighted by molar-refractivity contribution is -0.186. The fourth-order valence-corrected chi connectivity index (χ4v) is 10.8. The monoisotopic (exact) mass is 750 g/mol. The predicted molar refractivity (Wildman–Crippen MR) is 207 cm³/mol. The molecule has 0 spiro atoms. The molecule has 8 rings (SSSR count). The zero-order valence-electron chi connectivity index (χ0n) is 34.2. The number of carbonyl (C=O) groups is 4. The second-order valence-electron chi connectivity index (χ2n) is 19.3. The lowest BCUT2D eigenvalue weighted by atomic mass is 9.48. The molecule has 6 aliphatic carbocycles. The Morgan fingerprint density at radius 1 is 0.722 bits per heavy atom. The Morgan fingerprint density at radius 3 is 1.72 bits per heavy atom. The first-order valence-electron chi connectivity index (χ1n) is 21.0. The van der Waals surface area contributed by atoms with Crippen molar-refractivity contribution in [3.05, 3.63) is 29.8 Å². The molecular weight excluding hydrogens is 684 g/mol. The molecule has 1 unspecified atom stereocenters. The Morgan fingerprint density at radius 2 is 1.22 bits per heavy atom. The fraction of sp³-hybridized carbons (Fsp3) is 0.773. The molecule has 300 valence electrons. The number of carbonyl (C=O) groups excluding carboxylic acids is 4. The normalized spacial score (nSPS) is 30.1. The van der Waals surface area contributed by atoms with Gasteiger partial charge in [-0.2, -0.15) is 0 Å². The summed E-state index contributed by atoms with van der Waals surface area (Å²) in [6.45, 7) is 15.2. The Labute approximate surface area is 323 Å². The van der Waals surface area contributed by atoms with Crippen LogP contribution in [0.3, 0.4) is 0 Å². The minimum Gasteiger partial charge on any atom is -0.458 e. The summed E-state index contributed by atoms with van der Waals surface area (Å²) in [5.41, 5.74) is -1.12. The van der Waals surface area contributed by atoms with E-state index in [9.17, 15) is 19.2 Å². The zero-order chi connectivity index (χ0) is 39.1. The molecule has 2 amide bonds. The van der Waals surface area contributed by atoms with E-state index >= 15 is 0 Å². The zero-order valence-corrected chi connectivity index (χ0v) is 34.2. The van der Waals surface area contributed by atoms with E-state index in [1.54, 1.807) is 0 Å². The van der Waals surface area contributed by atoms with Crippen LogP contribution in [0.25, 0.3) is 0 Å². The van der Waals surface area contributed by atoms with Crippen molar-refractivity contribution in [1.82, 2.24) is 5.32 Å². The highest BCUT2D eigenvalue weighted by molar-refractivity contribution is 5.99. The van der Waals surface area contributed by atoms with Crippen LogP contribution in [0.2, 0.25) is 0 Å². The van der Waals surface area contributed by atoms with Gasteiger partial charge in [-0.15, -0.1) is 0 Å². The Kier molecular flexibility index (Phi) is 11.5. The smallest absolute Gasteiger partial charge is 0.415 e. The molecule has 0 radical (unpaired) electrons. The number of nitrogens with one attached hydrogen (secondary N) is 1. The standard InChI is InChI=1S/C23H37NO4.C21H29NO4/c1-5-22(8-6-7-9-22)27-19(25)23(24-20(26)28-21(2,3)4)17-11-15-10-16(13-17)14-18(23)12-15;1-5-21(12-8-9-13-21)25-18(23)17-14-15-10-6-7-11-16(15)22(17)19(24)26-20(2,3)4/h15-18H,5-14H2,1-4H3,(H,24,26);6-7,10-11,17H,5,8-9,12-14H2,1-4H3. The Hall–Kier alpha value is -3.30. The molecule has 0 aromatic heterocycles. The van der Waals surface area contributed by atoms with Gasteiger partial charge in [-0.1, -0.05) is 32.0 Å². The Bertz CT molecular complexity index is 1520. The highest BCUT2D eigenvalue weighted by Crippen LogP contribution is 2.59. The predicted octanol–water partition coefficient (Wildman–Crippen LogP) is 9.59. The van der Waals surface area contributed by atoms with Crippen molar-refractivity contribution in [2.24, 2.45) is 23.7 Å². The molecule has 1 atom stereocenters. The van der Waals surface area contributed by atoms with Crippen LogP contribution >= 0.6 is 0 Å². The van der Waals surface area contributed by atoms with Gasteiger partial charge in [0.15, 0.2) is 0 Å². The average molecular weight is 751 g/mol. The van der Waals surface area contributed by atoms with Crippen LogP contribution in [-0.4, -0.2) is 58.1 Å². The topological polar surface area (TPSA) is 120 Å². The molecule has 10 nitrogen and oxygen atoms in total. The first kappa shape index (κ1) is 40.4. The molecule has 1 aromatic carbocycles. The summed E-state index contributed by atoms with van der Waals surface area (Å²) in [6, 6.07) is 6.94. The number of alkyl carbamates (subject to hydrolysis) is 1. The minimum atomic E-state index is -0.902. The first-order valence-corrected chi connectivity index (χ1v) is 21.0. The summed E-state index contributed by atoms with van der Waals surface area (Å²) in [4.78, 5) is 53.9. The van der Waals surface area contributed by atoms with Gasteiger partial charge in [-0.25, -0.2) is 19.2 Å². The number of ether oxygens (including phenoxy) is 4. The van der Waals surface area contributed by atoms with Gasteiger partial charge in [0.2, 0.25) is 0 Å². The number of hydrogen-bond donors (Lipinski definition) is 1. The van der Waals surface area contributed by atoms with E-state index in [1.165, 1.54) is 11.3 Å². The molecule has 1 aliphatic heterocycles. The van der Waals surface area contributed by atoms with Gasteiger partial charge in [0, 0.05) is 6.42 Å². The molecular formula is C44H66N2O8. The van der Waals surface area contributed by atoms with Crippen LogP contribution in [0.4, 0.5) is 15.3 Å². The number of fused-ring (bicyclic) bond motifs is 1. The van der Waals surface area contributed by atoms with Gasteiger partial charge in [0.05, 0.1) is 5.69 Å². The van der Waals surface area contributed by atoms with E-state index in [2.05, 4.69) is 19.2 Å². The van der Waals surface area contributed by atoms with Crippen molar-refractivity contribution in [3.63, 3.8) is 0 Å². The van der Waals surface area contributed by atoms with Crippen molar-refractivity contribution in [2.75, 3.05) is 4.90 Å². The molecule has 1 aromatic rings. The van der Waals surface area contributed by atoms with Crippen molar-refractivity contribution >= 4 is 29.8 Å². The third-order valence-electron chi connectivity index (χ3n) is 13.3. The molecule has 10 heteroatoms. The Balaban J connectivity index is 0.000000185. The van der Waals surface area contributed by atoms with Crippen molar-refractivity contribution in [3.8, 4) is 0 Å². The number of nitrogens with zero attached hydrogens (tertiary/aromatic N) is 1.